The zero-order valence-electron chi connectivity index (χ0n) is 7.13. The minimum absolute atomic E-state index is 0.278. The van der Waals surface area contributed by atoms with Gasteiger partial charge in [-0.2, -0.15) is 0 Å². The van der Waals surface area contributed by atoms with Crippen LogP contribution in [0.25, 0.3) is 0 Å². The molecule has 0 saturated carbocycles. The Balaban J connectivity index is 3.10. The normalized spacial score (nSPS) is 9.75. The Morgan fingerprint density at radius 1 is 1.75 bits per heavy atom. The van der Waals surface area contributed by atoms with E-state index in [4.69, 9.17) is 0 Å². The molecule has 1 N–H and O–H groups in total. The molecule has 1 aromatic rings. The molecule has 0 fully saturated rings. The Kier molecular flexibility index (Phi) is 2.80. The van der Waals surface area contributed by atoms with Crippen molar-refractivity contribution in [1.29, 1.82) is 0 Å². The average molecular weight is 164 g/mol. The molecular formula is C9H12N2O. The van der Waals surface area contributed by atoms with Crippen LogP contribution in [-0.4, -0.2) is 9.97 Å². The minimum Gasteiger partial charge on any atom is -0.310 e. The van der Waals surface area contributed by atoms with Gasteiger partial charge in [0.25, 0.3) is 0 Å². The van der Waals surface area contributed by atoms with Crippen molar-refractivity contribution in [3.8, 4) is 0 Å². The maximum absolute atomic E-state index is 10.8. The van der Waals surface area contributed by atoms with E-state index >= 15 is 0 Å². The largest absolute Gasteiger partial charge is 0.345 e. The number of H-pyrrole nitrogens is 1. The Bertz CT molecular complexity index is 328. The first-order valence-electron chi connectivity index (χ1n) is 3.96. The van der Waals surface area contributed by atoms with Crippen molar-refractivity contribution in [1.82, 2.24) is 9.97 Å². The van der Waals surface area contributed by atoms with Gasteiger partial charge in [0.2, 0.25) is 0 Å². The maximum Gasteiger partial charge on any atom is 0.345 e. The summed E-state index contributed by atoms with van der Waals surface area (Å²) in [6, 6.07) is 0. The third-order valence-corrected chi connectivity index (χ3v) is 1.70. The smallest absolute Gasteiger partial charge is 0.310 e. The Labute approximate surface area is 71.2 Å². The SMILES string of the molecule is C=CCc1cnc(=O)[nH]c1CC. The number of nitrogens with one attached hydrogen (secondary N) is 1. The molecule has 1 aromatic heterocycles. The van der Waals surface area contributed by atoms with Crippen LogP contribution in [0.1, 0.15) is 18.2 Å². The zero-order chi connectivity index (χ0) is 8.97. The molecule has 1 heterocycles. The van der Waals surface area contributed by atoms with Gasteiger partial charge in [-0.15, -0.1) is 6.58 Å². The van der Waals surface area contributed by atoms with Crippen molar-refractivity contribution in [3.63, 3.8) is 0 Å². The first-order chi connectivity index (χ1) is 5.77. The highest BCUT2D eigenvalue weighted by Gasteiger charge is 1.99. The summed E-state index contributed by atoms with van der Waals surface area (Å²) in [5, 5.41) is 0. The van der Waals surface area contributed by atoms with Gasteiger partial charge in [0, 0.05) is 11.9 Å². The molecule has 64 valence electrons. The first-order valence-corrected chi connectivity index (χ1v) is 3.96. The third kappa shape index (κ3) is 1.81. The molecule has 0 aliphatic rings. The van der Waals surface area contributed by atoms with E-state index in [1.165, 1.54) is 0 Å². The lowest BCUT2D eigenvalue weighted by Crippen LogP contribution is -2.13. The quantitative estimate of drug-likeness (QED) is 0.679. The number of nitrogens with zero attached hydrogens (tertiary/aromatic N) is 1. The van der Waals surface area contributed by atoms with Gasteiger partial charge >= 0.3 is 5.69 Å². The molecule has 0 amide bonds. The summed E-state index contributed by atoms with van der Waals surface area (Å²) in [6.07, 6.45) is 4.99. The van der Waals surface area contributed by atoms with Gasteiger partial charge in [0.05, 0.1) is 0 Å². The summed E-state index contributed by atoms with van der Waals surface area (Å²) in [5.74, 6) is 0. The number of aryl methyl sites for hydroxylation is 1. The lowest BCUT2D eigenvalue weighted by molar-refractivity contribution is 0.916. The second-order valence-corrected chi connectivity index (χ2v) is 2.54. The van der Waals surface area contributed by atoms with E-state index in [-0.39, 0.29) is 5.69 Å². The monoisotopic (exact) mass is 164 g/mol. The van der Waals surface area contributed by atoms with E-state index in [1.54, 1.807) is 12.3 Å². The molecule has 0 bridgehead atoms. The second-order valence-electron chi connectivity index (χ2n) is 2.54. The molecule has 0 aromatic carbocycles. The zero-order valence-corrected chi connectivity index (χ0v) is 7.13. The van der Waals surface area contributed by atoms with Crippen LogP contribution in [0.3, 0.4) is 0 Å². The predicted octanol–water partition coefficient (Wildman–Crippen LogP) is 1.06. The highest BCUT2D eigenvalue weighted by Crippen LogP contribution is 2.03. The van der Waals surface area contributed by atoms with Gasteiger partial charge in [-0.3, -0.25) is 0 Å². The molecule has 0 unspecified atom stereocenters. The maximum atomic E-state index is 10.8. The van der Waals surface area contributed by atoms with Gasteiger partial charge < -0.3 is 4.98 Å². The van der Waals surface area contributed by atoms with Crippen LogP contribution in [0, 0.1) is 0 Å². The Morgan fingerprint density at radius 3 is 3.08 bits per heavy atom. The van der Waals surface area contributed by atoms with Crippen molar-refractivity contribution in [2.45, 2.75) is 19.8 Å². The minimum atomic E-state index is -0.278. The van der Waals surface area contributed by atoms with Gasteiger partial charge in [-0.25, -0.2) is 9.78 Å². The fraction of sp³-hybridized carbons (Fsp3) is 0.333. The van der Waals surface area contributed by atoms with Crippen molar-refractivity contribution in [3.05, 3.63) is 40.6 Å². The van der Waals surface area contributed by atoms with Crippen LogP contribution in [0.5, 0.6) is 0 Å². The second kappa shape index (κ2) is 3.85. The molecule has 3 nitrogen and oxygen atoms in total. The van der Waals surface area contributed by atoms with Crippen molar-refractivity contribution >= 4 is 0 Å². The lowest BCUT2D eigenvalue weighted by atomic mass is 10.1. The molecule has 0 atom stereocenters. The van der Waals surface area contributed by atoms with Crippen molar-refractivity contribution in [2.24, 2.45) is 0 Å². The molecule has 1 rings (SSSR count). The molecule has 0 spiro atoms. The molecule has 0 radical (unpaired) electrons. The molecular weight excluding hydrogens is 152 g/mol. The number of hydrogen-bond acceptors (Lipinski definition) is 2. The molecule has 0 aliphatic carbocycles. The molecule has 3 heteroatoms. The lowest BCUT2D eigenvalue weighted by Gasteiger charge is -2.02. The fourth-order valence-corrected chi connectivity index (χ4v) is 1.10. The number of aromatic amines is 1. The summed E-state index contributed by atoms with van der Waals surface area (Å²) < 4.78 is 0. The Hall–Kier alpha value is -1.38. The van der Waals surface area contributed by atoms with Crippen LogP contribution >= 0.6 is 0 Å². The van der Waals surface area contributed by atoms with Crippen LogP contribution in [0.15, 0.2) is 23.6 Å². The number of allylic oxidation sites excluding steroid dienone is 1. The van der Waals surface area contributed by atoms with Crippen LogP contribution in [-0.2, 0) is 12.8 Å². The van der Waals surface area contributed by atoms with Gasteiger partial charge in [0.1, 0.15) is 0 Å². The van der Waals surface area contributed by atoms with Crippen molar-refractivity contribution in [2.75, 3.05) is 0 Å². The first kappa shape index (κ1) is 8.71. The number of aromatic nitrogens is 2. The molecule has 0 saturated heterocycles. The molecule has 0 aliphatic heterocycles. The Morgan fingerprint density at radius 2 is 2.50 bits per heavy atom. The number of hydrogen-bond donors (Lipinski definition) is 1. The third-order valence-electron chi connectivity index (χ3n) is 1.70. The number of rotatable bonds is 3. The van der Waals surface area contributed by atoms with Gasteiger partial charge in [0.15, 0.2) is 0 Å². The predicted molar refractivity (Wildman–Crippen MR) is 48.1 cm³/mol. The van der Waals surface area contributed by atoms with Gasteiger partial charge in [-0.05, 0) is 18.4 Å². The van der Waals surface area contributed by atoms with Crippen LogP contribution < -0.4 is 5.69 Å². The summed E-state index contributed by atoms with van der Waals surface area (Å²) in [7, 11) is 0. The van der Waals surface area contributed by atoms with E-state index in [9.17, 15) is 4.79 Å². The van der Waals surface area contributed by atoms with E-state index in [1.807, 2.05) is 6.92 Å². The van der Waals surface area contributed by atoms with Crippen LogP contribution in [0.4, 0.5) is 0 Å². The summed E-state index contributed by atoms with van der Waals surface area (Å²) >= 11 is 0. The standard InChI is InChI=1S/C9H12N2O/c1-3-5-7-6-10-9(12)11-8(7)4-2/h3,6H,1,4-5H2,2H3,(H,10,11,12). The molecule has 12 heavy (non-hydrogen) atoms. The van der Waals surface area contributed by atoms with Crippen LogP contribution in [0.2, 0.25) is 0 Å². The summed E-state index contributed by atoms with van der Waals surface area (Å²) in [4.78, 5) is 17.2. The summed E-state index contributed by atoms with van der Waals surface area (Å²) in [5.41, 5.74) is 1.72. The summed E-state index contributed by atoms with van der Waals surface area (Å²) in [6.45, 7) is 5.63. The topological polar surface area (TPSA) is 45.8 Å². The fourth-order valence-electron chi connectivity index (χ4n) is 1.10. The van der Waals surface area contributed by atoms with Gasteiger partial charge in [-0.1, -0.05) is 13.0 Å². The highest BCUT2D eigenvalue weighted by molar-refractivity contribution is 5.18. The highest BCUT2D eigenvalue weighted by atomic mass is 16.1. The van der Waals surface area contributed by atoms with E-state index in [2.05, 4.69) is 16.5 Å². The van der Waals surface area contributed by atoms with E-state index < -0.39 is 0 Å². The van der Waals surface area contributed by atoms with Crippen molar-refractivity contribution < 1.29 is 0 Å². The van der Waals surface area contributed by atoms with E-state index in [0.717, 1.165) is 24.1 Å². The van der Waals surface area contributed by atoms with E-state index in [0.29, 0.717) is 0 Å². The average Bonchev–Trinajstić information content (AvgIpc) is 2.08.